The number of Topliss-reactive ketones (excluding diaryl/α,β-unsaturated/α-hetero) is 1. The van der Waals surface area contributed by atoms with Crippen LogP contribution in [0.25, 0.3) is 0 Å². The van der Waals surface area contributed by atoms with Crippen molar-refractivity contribution < 1.29 is 14.6 Å². The largest absolute Gasteiger partial charge is 0.497 e. The van der Waals surface area contributed by atoms with Crippen LogP contribution in [0.1, 0.15) is 12.5 Å². The average molecular weight is 194 g/mol. The normalized spacial score (nSPS) is 12.2. The van der Waals surface area contributed by atoms with Crippen LogP contribution < -0.4 is 4.74 Å². The van der Waals surface area contributed by atoms with Gasteiger partial charge in [0, 0.05) is 6.42 Å². The van der Waals surface area contributed by atoms with E-state index in [0.29, 0.717) is 6.42 Å². The number of hydrogen-bond acceptors (Lipinski definition) is 3. The Morgan fingerprint density at radius 2 is 2.29 bits per heavy atom. The molecule has 0 aliphatic rings. The number of methoxy groups -OCH3 is 1. The summed E-state index contributed by atoms with van der Waals surface area (Å²) in [6, 6.07) is 7.32. The van der Waals surface area contributed by atoms with Gasteiger partial charge in [0.2, 0.25) is 0 Å². The van der Waals surface area contributed by atoms with E-state index in [9.17, 15) is 9.90 Å². The molecule has 0 bridgehead atoms. The second-order valence-corrected chi connectivity index (χ2v) is 3.18. The van der Waals surface area contributed by atoms with Gasteiger partial charge in [0.25, 0.3) is 0 Å². The van der Waals surface area contributed by atoms with E-state index in [4.69, 9.17) is 4.74 Å². The summed E-state index contributed by atoms with van der Waals surface area (Å²) >= 11 is 0. The van der Waals surface area contributed by atoms with Gasteiger partial charge in [-0.3, -0.25) is 4.79 Å². The minimum atomic E-state index is -0.915. The average Bonchev–Trinajstić information content (AvgIpc) is 2.18. The second kappa shape index (κ2) is 4.77. The molecule has 1 N–H and O–H groups in total. The number of aliphatic hydroxyl groups excluding tert-OH is 1. The van der Waals surface area contributed by atoms with E-state index in [1.54, 1.807) is 7.11 Å². The summed E-state index contributed by atoms with van der Waals surface area (Å²) < 4.78 is 5.03. The molecule has 1 atom stereocenters. The van der Waals surface area contributed by atoms with Gasteiger partial charge < -0.3 is 9.84 Å². The molecule has 1 aromatic rings. The lowest BCUT2D eigenvalue weighted by Crippen LogP contribution is -2.19. The topological polar surface area (TPSA) is 46.5 Å². The maximum absolute atomic E-state index is 10.8. The summed E-state index contributed by atoms with van der Waals surface area (Å²) in [4.78, 5) is 10.8. The van der Waals surface area contributed by atoms with E-state index in [1.807, 2.05) is 24.3 Å². The summed E-state index contributed by atoms with van der Waals surface area (Å²) in [6.45, 7) is 1.38. The molecule has 76 valence electrons. The van der Waals surface area contributed by atoms with Gasteiger partial charge in [-0.15, -0.1) is 0 Å². The van der Waals surface area contributed by atoms with Crippen LogP contribution in [0.2, 0.25) is 0 Å². The van der Waals surface area contributed by atoms with Gasteiger partial charge in [-0.05, 0) is 24.6 Å². The molecular formula is C11H14O3. The number of ketones is 1. The Bertz CT molecular complexity index is 320. The van der Waals surface area contributed by atoms with E-state index in [1.165, 1.54) is 6.92 Å². The Balaban J connectivity index is 2.71. The molecule has 0 aliphatic heterocycles. The van der Waals surface area contributed by atoms with Gasteiger partial charge in [-0.1, -0.05) is 12.1 Å². The molecule has 0 heterocycles. The van der Waals surface area contributed by atoms with E-state index < -0.39 is 6.10 Å². The first-order valence-corrected chi connectivity index (χ1v) is 4.45. The predicted octanol–water partition coefficient (Wildman–Crippen LogP) is 1.19. The Labute approximate surface area is 83.3 Å². The fourth-order valence-electron chi connectivity index (χ4n) is 1.17. The zero-order valence-corrected chi connectivity index (χ0v) is 8.36. The lowest BCUT2D eigenvalue weighted by Gasteiger charge is -2.07. The number of benzene rings is 1. The number of aliphatic hydroxyl groups is 1. The van der Waals surface area contributed by atoms with Gasteiger partial charge in [0.1, 0.15) is 11.9 Å². The van der Waals surface area contributed by atoms with E-state index >= 15 is 0 Å². The maximum Gasteiger partial charge on any atom is 0.158 e. The zero-order chi connectivity index (χ0) is 10.6. The standard InChI is InChI=1S/C11H14O3/c1-8(12)11(13)7-9-4-3-5-10(6-9)14-2/h3-6,11,13H,7H2,1-2H3. The molecule has 0 saturated carbocycles. The highest BCUT2D eigenvalue weighted by molar-refractivity contribution is 5.80. The van der Waals surface area contributed by atoms with Crippen molar-refractivity contribution in [3.63, 3.8) is 0 Å². The van der Waals surface area contributed by atoms with Crippen LogP contribution in [-0.4, -0.2) is 24.1 Å². The molecule has 0 aromatic heterocycles. The first-order chi connectivity index (χ1) is 6.63. The van der Waals surface area contributed by atoms with Gasteiger partial charge in [0.15, 0.2) is 5.78 Å². The molecule has 3 nitrogen and oxygen atoms in total. The number of ether oxygens (including phenoxy) is 1. The summed E-state index contributed by atoms with van der Waals surface area (Å²) in [5, 5.41) is 9.35. The van der Waals surface area contributed by atoms with Crippen LogP contribution in [0.4, 0.5) is 0 Å². The van der Waals surface area contributed by atoms with E-state index in [-0.39, 0.29) is 5.78 Å². The van der Waals surface area contributed by atoms with Crippen LogP contribution >= 0.6 is 0 Å². The van der Waals surface area contributed by atoms with Crippen molar-refractivity contribution in [2.24, 2.45) is 0 Å². The minimum Gasteiger partial charge on any atom is -0.497 e. The molecule has 3 heteroatoms. The first kappa shape index (κ1) is 10.7. The molecule has 0 saturated heterocycles. The van der Waals surface area contributed by atoms with Gasteiger partial charge >= 0.3 is 0 Å². The first-order valence-electron chi connectivity index (χ1n) is 4.45. The number of carbonyl (C=O) groups excluding carboxylic acids is 1. The molecule has 14 heavy (non-hydrogen) atoms. The number of hydrogen-bond donors (Lipinski definition) is 1. The van der Waals surface area contributed by atoms with E-state index in [0.717, 1.165) is 11.3 Å². The molecular weight excluding hydrogens is 180 g/mol. The maximum atomic E-state index is 10.8. The summed E-state index contributed by atoms with van der Waals surface area (Å²) in [5.74, 6) is 0.520. The van der Waals surface area contributed by atoms with Crippen molar-refractivity contribution in [3.05, 3.63) is 29.8 Å². The quantitative estimate of drug-likeness (QED) is 0.783. The van der Waals surface area contributed by atoms with Crippen LogP contribution in [0.3, 0.4) is 0 Å². The van der Waals surface area contributed by atoms with Crippen molar-refractivity contribution in [1.82, 2.24) is 0 Å². The third kappa shape index (κ3) is 2.85. The van der Waals surface area contributed by atoms with Crippen molar-refractivity contribution in [1.29, 1.82) is 0 Å². The number of carbonyl (C=O) groups is 1. The molecule has 0 fully saturated rings. The third-order valence-electron chi connectivity index (χ3n) is 2.03. The smallest absolute Gasteiger partial charge is 0.158 e. The Hall–Kier alpha value is -1.35. The molecule has 0 amide bonds. The molecule has 1 aromatic carbocycles. The Morgan fingerprint density at radius 1 is 1.57 bits per heavy atom. The van der Waals surface area contributed by atoms with Crippen molar-refractivity contribution in [3.8, 4) is 5.75 Å². The summed E-state index contributed by atoms with van der Waals surface area (Å²) in [5.41, 5.74) is 0.895. The van der Waals surface area contributed by atoms with Gasteiger partial charge in [-0.2, -0.15) is 0 Å². The van der Waals surface area contributed by atoms with Crippen molar-refractivity contribution in [2.45, 2.75) is 19.4 Å². The summed E-state index contributed by atoms with van der Waals surface area (Å²) in [7, 11) is 1.58. The third-order valence-corrected chi connectivity index (χ3v) is 2.03. The second-order valence-electron chi connectivity index (χ2n) is 3.18. The highest BCUT2D eigenvalue weighted by Crippen LogP contribution is 2.14. The highest BCUT2D eigenvalue weighted by atomic mass is 16.5. The predicted molar refractivity (Wildman–Crippen MR) is 53.4 cm³/mol. The van der Waals surface area contributed by atoms with Gasteiger partial charge in [-0.25, -0.2) is 0 Å². The van der Waals surface area contributed by atoms with Crippen LogP contribution in [-0.2, 0) is 11.2 Å². The molecule has 1 rings (SSSR count). The summed E-state index contributed by atoms with van der Waals surface area (Å²) in [6.07, 6.45) is -0.575. The van der Waals surface area contributed by atoms with Crippen LogP contribution in [0, 0.1) is 0 Å². The zero-order valence-electron chi connectivity index (χ0n) is 8.36. The van der Waals surface area contributed by atoms with E-state index in [2.05, 4.69) is 0 Å². The van der Waals surface area contributed by atoms with Gasteiger partial charge in [0.05, 0.1) is 7.11 Å². The molecule has 0 aliphatic carbocycles. The minimum absolute atomic E-state index is 0.215. The SMILES string of the molecule is COc1cccc(CC(O)C(C)=O)c1. The molecule has 0 spiro atoms. The Morgan fingerprint density at radius 3 is 2.86 bits per heavy atom. The van der Waals surface area contributed by atoms with Crippen molar-refractivity contribution >= 4 is 5.78 Å². The van der Waals surface area contributed by atoms with Crippen molar-refractivity contribution in [2.75, 3.05) is 7.11 Å². The fraction of sp³-hybridized carbons (Fsp3) is 0.364. The van der Waals surface area contributed by atoms with Crippen LogP contribution in [0.5, 0.6) is 5.75 Å². The monoisotopic (exact) mass is 194 g/mol. The Kier molecular flexibility index (Phi) is 3.65. The molecule has 1 unspecified atom stereocenters. The highest BCUT2D eigenvalue weighted by Gasteiger charge is 2.10. The lowest BCUT2D eigenvalue weighted by molar-refractivity contribution is -0.124. The molecule has 0 radical (unpaired) electrons. The van der Waals surface area contributed by atoms with Crippen LogP contribution in [0.15, 0.2) is 24.3 Å². The number of rotatable bonds is 4. The lowest BCUT2D eigenvalue weighted by atomic mass is 10.1. The fourth-order valence-corrected chi connectivity index (χ4v) is 1.17.